The molecular formula is C18H18N2OS. The van der Waals surface area contributed by atoms with Crippen LogP contribution in [-0.2, 0) is 6.54 Å². The highest BCUT2D eigenvalue weighted by Gasteiger charge is 2.03. The number of thiophene rings is 1. The van der Waals surface area contributed by atoms with E-state index in [1.165, 1.54) is 15.6 Å². The highest BCUT2D eigenvalue weighted by molar-refractivity contribution is 7.17. The number of nitrogens with zero attached hydrogens (tertiary/aromatic N) is 2. The standard InChI is InChI=1S/C18H18N2OS/c1-20(19-12-14-6-8-17(21-2)9-7-14)13-16-5-3-4-15-10-11-22-18(15)16/h3-12H,13H2,1-2H3. The summed E-state index contributed by atoms with van der Waals surface area (Å²) in [5.74, 6) is 0.856. The van der Waals surface area contributed by atoms with Gasteiger partial charge in [0.05, 0.1) is 19.9 Å². The number of hydrogen-bond acceptors (Lipinski definition) is 4. The van der Waals surface area contributed by atoms with Gasteiger partial charge >= 0.3 is 0 Å². The van der Waals surface area contributed by atoms with Crippen molar-refractivity contribution in [2.75, 3.05) is 14.2 Å². The van der Waals surface area contributed by atoms with Gasteiger partial charge in [-0.25, -0.2) is 0 Å². The molecule has 0 radical (unpaired) electrons. The molecule has 0 bridgehead atoms. The monoisotopic (exact) mass is 310 g/mol. The smallest absolute Gasteiger partial charge is 0.118 e. The number of ether oxygens (including phenoxy) is 1. The molecule has 0 saturated heterocycles. The van der Waals surface area contributed by atoms with Crippen molar-refractivity contribution < 1.29 is 4.74 Å². The summed E-state index contributed by atoms with van der Waals surface area (Å²) >= 11 is 1.78. The van der Waals surface area contributed by atoms with Gasteiger partial charge in [0.15, 0.2) is 0 Å². The summed E-state index contributed by atoms with van der Waals surface area (Å²) in [6.07, 6.45) is 1.87. The average molecular weight is 310 g/mol. The minimum atomic E-state index is 0.796. The van der Waals surface area contributed by atoms with E-state index in [1.54, 1.807) is 18.4 Å². The molecule has 0 fully saturated rings. The molecule has 0 aliphatic heterocycles. The number of hydrazone groups is 1. The van der Waals surface area contributed by atoms with Crippen molar-refractivity contribution in [1.82, 2.24) is 5.01 Å². The van der Waals surface area contributed by atoms with Crippen LogP contribution in [0.25, 0.3) is 10.1 Å². The van der Waals surface area contributed by atoms with Crippen LogP contribution in [0.15, 0.2) is 59.0 Å². The van der Waals surface area contributed by atoms with Crippen LogP contribution >= 0.6 is 11.3 Å². The van der Waals surface area contributed by atoms with Crippen molar-refractivity contribution in [3.8, 4) is 5.75 Å². The first-order valence-corrected chi connectivity index (χ1v) is 7.98. The van der Waals surface area contributed by atoms with Crippen LogP contribution in [0, 0.1) is 0 Å². The normalized spacial score (nSPS) is 11.2. The van der Waals surface area contributed by atoms with Crippen LogP contribution in [-0.4, -0.2) is 25.4 Å². The second-order valence-electron chi connectivity index (χ2n) is 5.09. The molecule has 112 valence electrons. The van der Waals surface area contributed by atoms with Crippen molar-refractivity contribution in [3.05, 3.63) is 65.0 Å². The van der Waals surface area contributed by atoms with Gasteiger partial charge in [0, 0.05) is 11.7 Å². The van der Waals surface area contributed by atoms with Crippen LogP contribution in [0.5, 0.6) is 5.75 Å². The third-order valence-corrected chi connectivity index (χ3v) is 4.49. The Morgan fingerprint density at radius 1 is 1.14 bits per heavy atom. The molecule has 0 saturated carbocycles. The maximum Gasteiger partial charge on any atom is 0.118 e. The molecule has 0 unspecified atom stereocenters. The number of fused-ring (bicyclic) bond motifs is 1. The molecule has 1 heterocycles. The Balaban J connectivity index is 1.70. The molecule has 4 heteroatoms. The van der Waals surface area contributed by atoms with E-state index in [4.69, 9.17) is 4.74 Å². The lowest BCUT2D eigenvalue weighted by atomic mass is 10.1. The summed E-state index contributed by atoms with van der Waals surface area (Å²) in [6.45, 7) is 0.796. The van der Waals surface area contributed by atoms with Crippen LogP contribution in [0.1, 0.15) is 11.1 Å². The first-order chi connectivity index (χ1) is 10.8. The lowest BCUT2D eigenvalue weighted by Crippen LogP contribution is -2.10. The Bertz CT molecular complexity index is 777. The van der Waals surface area contributed by atoms with Crippen LogP contribution in [0.4, 0.5) is 0 Å². The molecule has 2 aromatic carbocycles. The summed E-state index contributed by atoms with van der Waals surface area (Å²) in [6, 6.07) is 16.4. The molecular weight excluding hydrogens is 292 g/mol. The molecule has 0 spiro atoms. The van der Waals surface area contributed by atoms with Crippen molar-refractivity contribution in [3.63, 3.8) is 0 Å². The molecule has 0 amide bonds. The molecule has 3 rings (SSSR count). The topological polar surface area (TPSA) is 24.8 Å². The fourth-order valence-corrected chi connectivity index (χ4v) is 3.23. The van der Waals surface area contributed by atoms with Gasteiger partial charge in [-0.1, -0.05) is 18.2 Å². The molecule has 1 aromatic heterocycles. The van der Waals surface area contributed by atoms with E-state index in [9.17, 15) is 0 Å². The third-order valence-electron chi connectivity index (χ3n) is 3.48. The SMILES string of the molecule is COc1ccc(C=NN(C)Cc2cccc3ccsc23)cc1. The van der Waals surface area contributed by atoms with Gasteiger partial charge in [-0.3, -0.25) is 5.01 Å². The van der Waals surface area contributed by atoms with Gasteiger partial charge in [0.2, 0.25) is 0 Å². The van der Waals surface area contributed by atoms with E-state index in [2.05, 4.69) is 34.7 Å². The highest BCUT2D eigenvalue weighted by Crippen LogP contribution is 2.25. The van der Waals surface area contributed by atoms with E-state index in [0.29, 0.717) is 0 Å². The summed E-state index contributed by atoms with van der Waals surface area (Å²) in [5.41, 5.74) is 2.36. The largest absolute Gasteiger partial charge is 0.497 e. The van der Waals surface area contributed by atoms with Gasteiger partial charge in [0.1, 0.15) is 5.75 Å². The molecule has 22 heavy (non-hydrogen) atoms. The van der Waals surface area contributed by atoms with Gasteiger partial charge < -0.3 is 4.74 Å². The van der Waals surface area contributed by atoms with Crippen LogP contribution in [0.2, 0.25) is 0 Å². The van der Waals surface area contributed by atoms with Crippen molar-refractivity contribution in [2.45, 2.75) is 6.54 Å². The number of methoxy groups -OCH3 is 1. The average Bonchev–Trinajstić information content (AvgIpc) is 3.03. The second kappa shape index (κ2) is 6.62. The molecule has 0 aliphatic rings. The maximum atomic E-state index is 5.15. The number of rotatable bonds is 5. The van der Waals surface area contributed by atoms with Crippen molar-refractivity contribution >= 4 is 27.6 Å². The van der Waals surface area contributed by atoms with Crippen LogP contribution < -0.4 is 4.74 Å². The van der Waals surface area contributed by atoms with Gasteiger partial charge in [-0.2, -0.15) is 5.10 Å². The first-order valence-electron chi connectivity index (χ1n) is 7.10. The lowest BCUT2D eigenvalue weighted by Gasteiger charge is -2.13. The minimum absolute atomic E-state index is 0.796. The Morgan fingerprint density at radius 3 is 2.73 bits per heavy atom. The van der Waals surface area contributed by atoms with E-state index in [0.717, 1.165) is 17.9 Å². The van der Waals surface area contributed by atoms with E-state index >= 15 is 0 Å². The predicted octanol–water partition coefficient (Wildman–Crippen LogP) is 4.38. The summed E-state index contributed by atoms with van der Waals surface area (Å²) < 4.78 is 6.49. The summed E-state index contributed by atoms with van der Waals surface area (Å²) in [4.78, 5) is 0. The Morgan fingerprint density at radius 2 is 1.95 bits per heavy atom. The maximum absolute atomic E-state index is 5.15. The molecule has 3 aromatic rings. The quantitative estimate of drug-likeness (QED) is 0.516. The Hall–Kier alpha value is -2.33. The second-order valence-corrected chi connectivity index (χ2v) is 6.01. The number of hydrogen-bond donors (Lipinski definition) is 0. The van der Waals surface area contributed by atoms with Gasteiger partial charge in [0.25, 0.3) is 0 Å². The molecule has 3 nitrogen and oxygen atoms in total. The predicted molar refractivity (Wildman–Crippen MR) is 93.9 cm³/mol. The zero-order valence-corrected chi connectivity index (χ0v) is 13.5. The third kappa shape index (κ3) is 3.28. The van der Waals surface area contributed by atoms with E-state index < -0.39 is 0 Å². The molecule has 0 atom stereocenters. The Labute approximate surface area is 134 Å². The van der Waals surface area contributed by atoms with Crippen molar-refractivity contribution in [2.24, 2.45) is 5.10 Å². The van der Waals surface area contributed by atoms with E-state index in [-0.39, 0.29) is 0 Å². The lowest BCUT2D eigenvalue weighted by molar-refractivity contribution is 0.350. The summed E-state index contributed by atoms with van der Waals surface area (Å²) in [7, 11) is 3.66. The molecule has 0 N–H and O–H groups in total. The van der Waals surface area contributed by atoms with E-state index in [1.807, 2.05) is 42.5 Å². The van der Waals surface area contributed by atoms with Crippen LogP contribution in [0.3, 0.4) is 0 Å². The highest BCUT2D eigenvalue weighted by atomic mass is 32.1. The van der Waals surface area contributed by atoms with Gasteiger partial charge in [-0.05, 0) is 52.2 Å². The Kier molecular flexibility index (Phi) is 4.39. The first kappa shape index (κ1) is 14.6. The van der Waals surface area contributed by atoms with Crippen molar-refractivity contribution in [1.29, 1.82) is 0 Å². The fourth-order valence-electron chi connectivity index (χ4n) is 2.32. The zero-order valence-electron chi connectivity index (χ0n) is 12.7. The minimum Gasteiger partial charge on any atom is -0.497 e. The number of benzene rings is 2. The molecule has 0 aliphatic carbocycles. The summed E-state index contributed by atoms with van der Waals surface area (Å²) in [5, 5.41) is 9.90. The zero-order chi connectivity index (χ0) is 15.4. The van der Waals surface area contributed by atoms with Gasteiger partial charge in [-0.15, -0.1) is 11.3 Å². The fraction of sp³-hybridized carbons (Fsp3) is 0.167.